The van der Waals surface area contributed by atoms with E-state index in [9.17, 15) is 4.79 Å². The van der Waals surface area contributed by atoms with Crippen molar-refractivity contribution < 1.29 is 13.9 Å². The standard InChI is InChI=1S/C17H15NO3/c1-3-20-14-7-5-4-6-12(14)17(19)16-10-13-15(21-16)9-8-11(2)18-13/h4-10H,3H2,1-2H3. The van der Waals surface area contributed by atoms with Gasteiger partial charge in [0.15, 0.2) is 11.3 Å². The van der Waals surface area contributed by atoms with Crippen LogP contribution in [-0.4, -0.2) is 17.4 Å². The number of para-hydroxylation sites is 1. The first-order chi connectivity index (χ1) is 10.2. The van der Waals surface area contributed by atoms with Crippen LogP contribution in [0.4, 0.5) is 0 Å². The Bertz CT molecular complexity index is 805. The molecule has 3 aromatic rings. The molecule has 0 aliphatic rings. The number of carbonyl (C=O) groups excluding carboxylic acids is 1. The van der Waals surface area contributed by atoms with Gasteiger partial charge in [0, 0.05) is 11.8 Å². The molecule has 106 valence electrons. The lowest BCUT2D eigenvalue weighted by molar-refractivity contribution is 0.101. The van der Waals surface area contributed by atoms with Gasteiger partial charge < -0.3 is 9.15 Å². The molecule has 0 unspecified atom stereocenters. The molecule has 0 saturated carbocycles. The normalized spacial score (nSPS) is 10.8. The molecule has 0 amide bonds. The second-order valence-corrected chi connectivity index (χ2v) is 4.70. The molecule has 0 aliphatic heterocycles. The highest BCUT2D eigenvalue weighted by Gasteiger charge is 2.18. The summed E-state index contributed by atoms with van der Waals surface area (Å²) in [5.74, 6) is 0.638. The summed E-state index contributed by atoms with van der Waals surface area (Å²) in [7, 11) is 0. The van der Waals surface area contributed by atoms with Gasteiger partial charge in [-0.2, -0.15) is 0 Å². The van der Waals surface area contributed by atoms with Crippen molar-refractivity contribution in [2.24, 2.45) is 0 Å². The molecule has 3 rings (SSSR count). The average molecular weight is 281 g/mol. The Labute approximate surface area is 122 Å². The minimum absolute atomic E-state index is 0.199. The third-order valence-electron chi connectivity index (χ3n) is 3.17. The summed E-state index contributed by atoms with van der Waals surface area (Å²) in [5, 5.41) is 0. The fourth-order valence-corrected chi connectivity index (χ4v) is 2.21. The summed E-state index contributed by atoms with van der Waals surface area (Å²) >= 11 is 0. The van der Waals surface area contributed by atoms with Gasteiger partial charge in [-0.15, -0.1) is 0 Å². The number of ether oxygens (including phenoxy) is 1. The predicted molar refractivity (Wildman–Crippen MR) is 79.8 cm³/mol. The van der Waals surface area contributed by atoms with Crippen LogP contribution in [0.3, 0.4) is 0 Å². The lowest BCUT2D eigenvalue weighted by Crippen LogP contribution is -2.04. The Balaban J connectivity index is 2.04. The van der Waals surface area contributed by atoms with Crippen LogP contribution in [0.1, 0.15) is 28.7 Å². The molecule has 0 atom stereocenters. The topological polar surface area (TPSA) is 52.3 Å². The lowest BCUT2D eigenvalue weighted by atomic mass is 10.1. The van der Waals surface area contributed by atoms with Crippen LogP contribution in [0.2, 0.25) is 0 Å². The molecule has 0 fully saturated rings. The second kappa shape index (κ2) is 5.40. The summed E-state index contributed by atoms with van der Waals surface area (Å²) < 4.78 is 11.1. The van der Waals surface area contributed by atoms with Crippen LogP contribution in [0.5, 0.6) is 5.75 Å². The van der Waals surface area contributed by atoms with E-state index in [1.807, 2.05) is 32.0 Å². The Morgan fingerprint density at radius 2 is 2.05 bits per heavy atom. The van der Waals surface area contributed by atoms with Crippen LogP contribution < -0.4 is 4.74 Å². The van der Waals surface area contributed by atoms with Gasteiger partial charge in [-0.25, -0.2) is 4.98 Å². The van der Waals surface area contributed by atoms with Gasteiger partial charge in [-0.3, -0.25) is 4.79 Å². The van der Waals surface area contributed by atoms with Gasteiger partial charge in [-0.1, -0.05) is 12.1 Å². The third-order valence-corrected chi connectivity index (χ3v) is 3.17. The van der Waals surface area contributed by atoms with E-state index in [4.69, 9.17) is 9.15 Å². The number of ketones is 1. The number of pyridine rings is 1. The van der Waals surface area contributed by atoms with Gasteiger partial charge in [0.1, 0.15) is 11.3 Å². The number of furan rings is 1. The maximum absolute atomic E-state index is 12.6. The van der Waals surface area contributed by atoms with E-state index in [2.05, 4.69) is 4.98 Å². The quantitative estimate of drug-likeness (QED) is 0.683. The monoisotopic (exact) mass is 281 g/mol. The van der Waals surface area contributed by atoms with Crippen molar-refractivity contribution in [1.29, 1.82) is 0 Å². The van der Waals surface area contributed by atoms with Gasteiger partial charge in [0.2, 0.25) is 5.78 Å². The van der Waals surface area contributed by atoms with E-state index in [0.717, 1.165) is 5.69 Å². The highest BCUT2D eigenvalue weighted by Crippen LogP contribution is 2.25. The van der Waals surface area contributed by atoms with E-state index >= 15 is 0 Å². The minimum Gasteiger partial charge on any atom is -0.493 e. The Kier molecular flexibility index (Phi) is 3.44. The first-order valence-electron chi connectivity index (χ1n) is 6.82. The summed E-state index contributed by atoms with van der Waals surface area (Å²) in [6.45, 7) is 4.29. The summed E-state index contributed by atoms with van der Waals surface area (Å²) in [5.41, 5.74) is 2.68. The Morgan fingerprint density at radius 1 is 1.24 bits per heavy atom. The fraction of sp³-hybridized carbons (Fsp3) is 0.176. The number of hydrogen-bond donors (Lipinski definition) is 0. The zero-order chi connectivity index (χ0) is 14.8. The SMILES string of the molecule is CCOc1ccccc1C(=O)c1cc2nc(C)ccc2o1. The van der Waals surface area contributed by atoms with Crippen LogP contribution in [-0.2, 0) is 0 Å². The van der Waals surface area contributed by atoms with Crippen LogP contribution in [0, 0.1) is 6.92 Å². The maximum atomic E-state index is 12.6. The molecule has 0 radical (unpaired) electrons. The fourth-order valence-electron chi connectivity index (χ4n) is 2.21. The molecule has 4 nitrogen and oxygen atoms in total. The molecule has 4 heteroatoms. The van der Waals surface area contributed by atoms with E-state index in [0.29, 0.717) is 29.0 Å². The number of aryl methyl sites for hydroxylation is 1. The predicted octanol–water partition coefficient (Wildman–Crippen LogP) is 3.77. The van der Waals surface area contributed by atoms with E-state index in [-0.39, 0.29) is 11.5 Å². The van der Waals surface area contributed by atoms with Crippen molar-refractivity contribution >= 4 is 16.9 Å². The molecule has 0 bridgehead atoms. The van der Waals surface area contributed by atoms with Gasteiger partial charge in [0.05, 0.1) is 12.2 Å². The highest BCUT2D eigenvalue weighted by molar-refractivity contribution is 6.10. The number of fused-ring (bicyclic) bond motifs is 1. The van der Waals surface area contributed by atoms with E-state index in [1.54, 1.807) is 24.3 Å². The number of carbonyl (C=O) groups is 1. The molecule has 0 saturated heterocycles. The number of hydrogen-bond acceptors (Lipinski definition) is 4. The van der Waals surface area contributed by atoms with Gasteiger partial charge in [0.25, 0.3) is 0 Å². The molecule has 0 aliphatic carbocycles. The van der Waals surface area contributed by atoms with Crippen molar-refractivity contribution in [3.8, 4) is 5.75 Å². The van der Waals surface area contributed by atoms with Crippen LogP contribution in [0.25, 0.3) is 11.1 Å². The van der Waals surface area contributed by atoms with Crippen LogP contribution >= 0.6 is 0 Å². The summed E-state index contributed by atoms with van der Waals surface area (Å²) in [6, 6.07) is 12.5. The summed E-state index contributed by atoms with van der Waals surface area (Å²) in [6.07, 6.45) is 0. The molecular weight excluding hydrogens is 266 g/mol. The van der Waals surface area contributed by atoms with Crippen molar-refractivity contribution in [1.82, 2.24) is 4.98 Å². The molecule has 0 spiro atoms. The Hall–Kier alpha value is -2.62. The minimum atomic E-state index is -0.199. The first kappa shape index (κ1) is 13.4. The summed E-state index contributed by atoms with van der Waals surface area (Å²) in [4.78, 5) is 16.9. The number of nitrogens with zero attached hydrogens (tertiary/aromatic N) is 1. The van der Waals surface area contributed by atoms with Crippen molar-refractivity contribution in [2.45, 2.75) is 13.8 Å². The molecule has 1 aromatic carbocycles. The van der Waals surface area contributed by atoms with E-state index in [1.165, 1.54) is 0 Å². The second-order valence-electron chi connectivity index (χ2n) is 4.70. The molecule has 0 N–H and O–H groups in total. The van der Waals surface area contributed by atoms with Gasteiger partial charge in [-0.05, 0) is 38.1 Å². The smallest absolute Gasteiger partial charge is 0.232 e. The van der Waals surface area contributed by atoms with Crippen LogP contribution in [0.15, 0.2) is 46.9 Å². The zero-order valence-corrected chi connectivity index (χ0v) is 11.9. The molecule has 2 aromatic heterocycles. The van der Waals surface area contributed by atoms with E-state index < -0.39 is 0 Å². The maximum Gasteiger partial charge on any atom is 0.232 e. The lowest BCUT2D eigenvalue weighted by Gasteiger charge is -2.07. The zero-order valence-electron chi connectivity index (χ0n) is 11.9. The van der Waals surface area contributed by atoms with Gasteiger partial charge >= 0.3 is 0 Å². The molecular formula is C17H15NO3. The number of benzene rings is 1. The first-order valence-corrected chi connectivity index (χ1v) is 6.82. The van der Waals surface area contributed by atoms with Crippen molar-refractivity contribution in [3.05, 3.63) is 59.5 Å². The third kappa shape index (κ3) is 2.52. The number of rotatable bonds is 4. The number of aromatic nitrogens is 1. The van der Waals surface area contributed by atoms with Crippen molar-refractivity contribution in [2.75, 3.05) is 6.61 Å². The largest absolute Gasteiger partial charge is 0.493 e. The molecule has 2 heterocycles. The van der Waals surface area contributed by atoms with Crippen molar-refractivity contribution in [3.63, 3.8) is 0 Å². The average Bonchev–Trinajstić information content (AvgIpc) is 2.90. The Morgan fingerprint density at radius 3 is 2.86 bits per heavy atom. The molecule has 21 heavy (non-hydrogen) atoms. The highest BCUT2D eigenvalue weighted by atomic mass is 16.5.